The number of aromatic nitrogens is 1. The number of carbonyl (C=O) groups excluding carboxylic acids is 1. The summed E-state index contributed by atoms with van der Waals surface area (Å²) in [5.74, 6) is -2.72. The van der Waals surface area contributed by atoms with E-state index in [0.29, 0.717) is 25.9 Å². The van der Waals surface area contributed by atoms with Gasteiger partial charge in [-0.3, -0.25) is 9.69 Å². The molecule has 2 aliphatic rings. The number of benzene rings is 2. The second-order valence-electron chi connectivity index (χ2n) is 11.1. The van der Waals surface area contributed by atoms with Crippen molar-refractivity contribution in [3.05, 3.63) is 64.8 Å². The van der Waals surface area contributed by atoms with E-state index < -0.39 is 29.5 Å². The molecule has 5 rings (SSSR count). The van der Waals surface area contributed by atoms with Crippen LogP contribution in [0.2, 0.25) is 0 Å². The Morgan fingerprint density at radius 2 is 1.90 bits per heavy atom. The molecule has 39 heavy (non-hydrogen) atoms. The van der Waals surface area contributed by atoms with Crippen LogP contribution in [0.15, 0.2) is 42.6 Å². The third-order valence-corrected chi connectivity index (χ3v) is 8.35. The second-order valence-corrected chi connectivity index (χ2v) is 11.1. The summed E-state index contributed by atoms with van der Waals surface area (Å²) in [7, 11) is 1.62. The minimum atomic E-state index is -4.54. The summed E-state index contributed by atoms with van der Waals surface area (Å²) in [4.78, 5) is 17.9. The lowest BCUT2D eigenvalue weighted by molar-refractivity contribution is -0.186. The molecule has 3 aromatic rings. The van der Waals surface area contributed by atoms with Gasteiger partial charge in [0.2, 0.25) is 5.92 Å². The van der Waals surface area contributed by atoms with Gasteiger partial charge in [-0.05, 0) is 74.0 Å². The Kier molecular flexibility index (Phi) is 6.89. The number of nitrogens with zero attached hydrogens (tertiary/aromatic N) is 1. The number of rotatable bonds is 6. The van der Waals surface area contributed by atoms with E-state index >= 15 is 0 Å². The highest BCUT2D eigenvalue weighted by Gasteiger charge is 2.58. The fourth-order valence-corrected chi connectivity index (χ4v) is 6.27. The minimum absolute atomic E-state index is 0.108. The molecule has 1 aliphatic heterocycles. The van der Waals surface area contributed by atoms with Crippen LogP contribution in [0.5, 0.6) is 5.75 Å². The molecule has 2 unspecified atom stereocenters. The summed E-state index contributed by atoms with van der Waals surface area (Å²) >= 11 is 0. The van der Waals surface area contributed by atoms with E-state index in [1.807, 2.05) is 30.6 Å². The summed E-state index contributed by atoms with van der Waals surface area (Å²) in [6, 6.07) is 8.24. The number of fused-ring (bicyclic) bond motifs is 1. The van der Waals surface area contributed by atoms with E-state index in [1.54, 1.807) is 19.2 Å². The van der Waals surface area contributed by atoms with Gasteiger partial charge in [-0.1, -0.05) is 12.1 Å². The van der Waals surface area contributed by atoms with Crippen molar-refractivity contribution >= 4 is 16.8 Å². The minimum Gasteiger partial charge on any atom is -0.496 e. The van der Waals surface area contributed by atoms with Gasteiger partial charge in [-0.2, -0.15) is 13.2 Å². The van der Waals surface area contributed by atoms with Crippen molar-refractivity contribution in [2.75, 3.05) is 13.7 Å². The molecular weight excluding hydrogens is 517 g/mol. The molecule has 1 saturated carbocycles. The summed E-state index contributed by atoms with van der Waals surface area (Å²) in [5.41, 5.74) is 3.55. The van der Waals surface area contributed by atoms with Crippen molar-refractivity contribution in [1.82, 2.24) is 15.2 Å². The molecule has 1 aliphatic carbocycles. The lowest BCUT2D eigenvalue weighted by Crippen LogP contribution is -2.53. The van der Waals surface area contributed by atoms with Crippen molar-refractivity contribution in [1.29, 1.82) is 0 Å². The number of H-pyrrole nitrogens is 1. The smallest absolute Gasteiger partial charge is 0.408 e. The first kappa shape index (κ1) is 27.4. The Bertz CT molecular complexity index is 1360. The van der Waals surface area contributed by atoms with Crippen LogP contribution in [0.3, 0.4) is 0 Å². The number of aromatic amines is 1. The number of piperidine rings is 1. The number of hydrogen-bond donors (Lipinski definition) is 2. The molecule has 2 N–H and O–H groups in total. The third-order valence-electron chi connectivity index (χ3n) is 8.35. The van der Waals surface area contributed by atoms with Gasteiger partial charge >= 0.3 is 6.18 Å². The molecule has 10 heteroatoms. The van der Waals surface area contributed by atoms with Crippen LogP contribution < -0.4 is 10.1 Å². The Hall–Kier alpha value is -3.14. The third kappa shape index (κ3) is 5.35. The number of ether oxygens (including phenoxy) is 1. The highest BCUT2D eigenvalue weighted by Crippen LogP contribution is 2.60. The average molecular weight is 550 g/mol. The van der Waals surface area contributed by atoms with E-state index in [1.165, 1.54) is 12.1 Å². The molecule has 1 spiro atoms. The summed E-state index contributed by atoms with van der Waals surface area (Å²) in [6.45, 7) is 4.03. The number of halogens is 5. The van der Waals surface area contributed by atoms with Gasteiger partial charge in [0.1, 0.15) is 11.8 Å². The van der Waals surface area contributed by atoms with E-state index in [2.05, 4.69) is 9.88 Å². The van der Waals surface area contributed by atoms with Crippen LogP contribution in [0.25, 0.3) is 10.9 Å². The fourth-order valence-electron chi connectivity index (χ4n) is 6.27. The van der Waals surface area contributed by atoms with Gasteiger partial charge in [0.05, 0.1) is 7.11 Å². The van der Waals surface area contributed by atoms with Crippen LogP contribution in [-0.2, 0) is 6.54 Å². The van der Waals surface area contributed by atoms with Gasteiger partial charge in [-0.15, -0.1) is 0 Å². The van der Waals surface area contributed by atoms with Gasteiger partial charge in [0, 0.05) is 53.7 Å². The van der Waals surface area contributed by atoms with Crippen molar-refractivity contribution in [3.8, 4) is 5.75 Å². The lowest BCUT2D eigenvalue weighted by atomic mass is 9.59. The second kappa shape index (κ2) is 9.80. The molecular formula is C29H32F5N3O2. The van der Waals surface area contributed by atoms with E-state index in [9.17, 15) is 26.7 Å². The summed E-state index contributed by atoms with van der Waals surface area (Å²) in [5, 5.41) is 3.01. The van der Waals surface area contributed by atoms with Gasteiger partial charge in [0.25, 0.3) is 5.91 Å². The van der Waals surface area contributed by atoms with Gasteiger partial charge < -0.3 is 15.0 Å². The quantitative estimate of drug-likeness (QED) is 0.328. The number of hydrogen-bond acceptors (Lipinski definition) is 3. The standard InChI is InChI=1S/C29H32F5N3O2/c1-17-12-24(39-3)22(21-8-10-35-25(17)21)14-37-11-9-27(15-28(30,31)16-27)13-23(37)19-4-6-20(7-5-19)26(38)36-18(2)29(32,33)34/h4-8,10,12,18,23,35H,9,11,13-16H2,1-3H3,(H,36,38). The Labute approximate surface area is 223 Å². The lowest BCUT2D eigenvalue weighted by Gasteiger charge is -2.54. The van der Waals surface area contributed by atoms with Gasteiger partial charge in [0.15, 0.2) is 0 Å². The SMILES string of the molecule is COc1cc(C)c2[nH]ccc2c1CN1CCC2(CC1c1ccc(C(=O)NC(C)C(F)(F)F)cc1)CC(F)(F)C2. The van der Waals surface area contributed by atoms with Crippen LogP contribution in [-0.4, -0.2) is 47.6 Å². The number of nitrogens with one attached hydrogen (secondary N) is 2. The monoisotopic (exact) mass is 549 g/mol. The number of aryl methyl sites for hydroxylation is 1. The zero-order valence-corrected chi connectivity index (χ0v) is 22.1. The fraction of sp³-hybridized carbons (Fsp3) is 0.483. The largest absolute Gasteiger partial charge is 0.496 e. The summed E-state index contributed by atoms with van der Waals surface area (Å²) < 4.78 is 72.4. The molecule has 5 nitrogen and oxygen atoms in total. The first-order chi connectivity index (χ1) is 18.3. The Morgan fingerprint density at radius 1 is 1.21 bits per heavy atom. The number of carbonyl (C=O) groups is 1. The van der Waals surface area contributed by atoms with E-state index in [-0.39, 0.29) is 24.4 Å². The maximum Gasteiger partial charge on any atom is 0.408 e. The average Bonchev–Trinajstić information content (AvgIpc) is 3.35. The van der Waals surface area contributed by atoms with Crippen LogP contribution >= 0.6 is 0 Å². The van der Waals surface area contributed by atoms with E-state index in [0.717, 1.165) is 40.3 Å². The van der Waals surface area contributed by atoms with Crippen molar-refractivity contribution in [2.45, 2.75) is 70.3 Å². The first-order valence-corrected chi connectivity index (χ1v) is 13.0. The Balaban J connectivity index is 1.43. The Morgan fingerprint density at radius 3 is 2.51 bits per heavy atom. The highest BCUT2D eigenvalue weighted by atomic mass is 19.4. The van der Waals surface area contributed by atoms with Crippen LogP contribution in [0.1, 0.15) is 65.7 Å². The zero-order chi connectivity index (χ0) is 28.2. The maximum absolute atomic E-state index is 14.0. The molecule has 210 valence electrons. The number of likely N-dealkylation sites (tertiary alicyclic amines) is 1. The topological polar surface area (TPSA) is 57.4 Å². The zero-order valence-electron chi connectivity index (χ0n) is 22.1. The maximum atomic E-state index is 14.0. The highest BCUT2D eigenvalue weighted by molar-refractivity contribution is 5.94. The van der Waals surface area contributed by atoms with Crippen LogP contribution in [0.4, 0.5) is 22.0 Å². The molecule has 1 aromatic heterocycles. The molecule has 1 amide bonds. The molecule has 0 bridgehead atoms. The molecule has 2 fully saturated rings. The molecule has 0 radical (unpaired) electrons. The molecule has 1 saturated heterocycles. The predicted octanol–water partition coefficient (Wildman–Crippen LogP) is 6.92. The molecule has 2 heterocycles. The van der Waals surface area contributed by atoms with E-state index in [4.69, 9.17) is 4.74 Å². The van der Waals surface area contributed by atoms with Gasteiger partial charge in [-0.25, -0.2) is 8.78 Å². The van der Waals surface area contributed by atoms with Crippen molar-refractivity contribution < 1.29 is 31.5 Å². The number of methoxy groups -OCH3 is 1. The predicted molar refractivity (Wildman–Crippen MR) is 138 cm³/mol. The summed E-state index contributed by atoms with van der Waals surface area (Å²) in [6.07, 6.45) is -1.77. The number of alkyl halides is 5. The van der Waals surface area contributed by atoms with Crippen molar-refractivity contribution in [3.63, 3.8) is 0 Å². The van der Waals surface area contributed by atoms with Crippen LogP contribution in [0, 0.1) is 12.3 Å². The van der Waals surface area contributed by atoms with Crippen molar-refractivity contribution in [2.24, 2.45) is 5.41 Å². The molecule has 2 aromatic carbocycles. The number of amides is 1. The molecule has 2 atom stereocenters. The first-order valence-electron chi connectivity index (χ1n) is 13.0. The normalized spacial score (nSPS) is 21.5.